The lowest BCUT2D eigenvalue weighted by Crippen LogP contribution is -2.51. The zero-order valence-electron chi connectivity index (χ0n) is 14.9. The van der Waals surface area contributed by atoms with Gasteiger partial charge >= 0.3 is 0 Å². The number of rotatable bonds is 4. The Morgan fingerprint density at radius 2 is 1.67 bits per heavy atom. The van der Waals surface area contributed by atoms with Gasteiger partial charge in [0.1, 0.15) is 23.8 Å². The second-order valence-electron chi connectivity index (χ2n) is 8.40. The van der Waals surface area contributed by atoms with E-state index in [1.165, 1.54) is 37.8 Å². The number of hydrogen-bond acceptors (Lipinski definition) is 3. The van der Waals surface area contributed by atoms with Gasteiger partial charge in [-0.25, -0.2) is 4.39 Å². The van der Waals surface area contributed by atoms with Crippen LogP contribution in [0.1, 0.15) is 52.4 Å². The van der Waals surface area contributed by atoms with E-state index in [2.05, 4.69) is 18.7 Å². The molecule has 1 heterocycles. The number of nitrogens with zero attached hydrogens (tertiary/aromatic N) is 1. The average Bonchev–Trinajstić information content (AvgIpc) is 2.56. The molecule has 1 saturated heterocycles. The topological polar surface area (TPSA) is 32.7 Å². The molecular formula is C20H30FNO2. The summed E-state index contributed by atoms with van der Waals surface area (Å²) in [5, 5.41) is 10.8. The molecule has 0 aromatic heterocycles. The van der Waals surface area contributed by atoms with Crippen LogP contribution in [0.25, 0.3) is 0 Å². The van der Waals surface area contributed by atoms with Crippen molar-refractivity contribution in [2.24, 2.45) is 5.41 Å². The zero-order chi connectivity index (χ0) is 17.2. The van der Waals surface area contributed by atoms with Crippen LogP contribution in [0, 0.1) is 11.2 Å². The third kappa shape index (κ3) is 4.48. The first-order valence-corrected chi connectivity index (χ1v) is 9.20. The SMILES string of the molecule is CC1(C)CCC(N2CCC(O)(COc3ccc(F)cc3)CC2)CC1. The Balaban J connectivity index is 1.46. The highest BCUT2D eigenvalue weighted by atomic mass is 19.1. The molecule has 0 amide bonds. The molecule has 0 bridgehead atoms. The number of ether oxygens (including phenoxy) is 1. The van der Waals surface area contributed by atoms with Crippen LogP contribution in [0.15, 0.2) is 24.3 Å². The summed E-state index contributed by atoms with van der Waals surface area (Å²) in [6, 6.07) is 6.66. The summed E-state index contributed by atoms with van der Waals surface area (Å²) in [4.78, 5) is 2.56. The van der Waals surface area contributed by atoms with E-state index in [4.69, 9.17) is 4.74 Å². The lowest BCUT2D eigenvalue weighted by atomic mass is 9.75. The van der Waals surface area contributed by atoms with Gasteiger partial charge in [-0.3, -0.25) is 0 Å². The maximum Gasteiger partial charge on any atom is 0.123 e. The summed E-state index contributed by atoms with van der Waals surface area (Å²) in [6.45, 7) is 6.89. The summed E-state index contributed by atoms with van der Waals surface area (Å²) in [5.74, 6) is 0.340. The van der Waals surface area contributed by atoms with Gasteiger partial charge in [-0.2, -0.15) is 0 Å². The molecule has 1 aromatic rings. The fourth-order valence-corrected chi connectivity index (χ4v) is 3.95. The molecule has 1 saturated carbocycles. The van der Waals surface area contributed by atoms with Crippen LogP contribution in [-0.2, 0) is 0 Å². The third-order valence-corrected chi connectivity index (χ3v) is 5.87. The van der Waals surface area contributed by atoms with Crippen molar-refractivity contribution in [3.8, 4) is 5.75 Å². The van der Waals surface area contributed by atoms with Crippen LogP contribution >= 0.6 is 0 Å². The lowest BCUT2D eigenvalue weighted by molar-refractivity contribution is -0.0641. The smallest absolute Gasteiger partial charge is 0.123 e. The molecule has 0 radical (unpaired) electrons. The lowest BCUT2D eigenvalue weighted by Gasteiger charge is -2.45. The van der Waals surface area contributed by atoms with Crippen LogP contribution in [0.2, 0.25) is 0 Å². The van der Waals surface area contributed by atoms with E-state index in [1.807, 2.05) is 0 Å². The molecule has 1 aromatic carbocycles. The van der Waals surface area contributed by atoms with Gasteiger partial charge in [-0.05, 0) is 68.2 Å². The highest BCUT2D eigenvalue weighted by molar-refractivity contribution is 5.22. The van der Waals surface area contributed by atoms with E-state index < -0.39 is 5.60 Å². The van der Waals surface area contributed by atoms with E-state index in [0.29, 0.717) is 17.2 Å². The minimum atomic E-state index is -0.765. The van der Waals surface area contributed by atoms with Crippen molar-refractivity contribution in [1.82, 2.24) is 4.90 Å². The van der Waals surface area contributed by atoms with Crippen molar-refractivity contribution in [3.05, 3.63) is 30.1 Å². The van der Waals surface area contributed by atoms with Gasteiger partial charge in [0.15, 0.2) is 0 Å². The molecule has 2 fully saturated rings. The van der Waals surface area contributed by atoms with Gasteiger partial charge in [0.05, 0.1) is 0 Å². The van der Waals surface area contributed by atoms with Gasteiger partial charge in [0.25, 0.3) is 0 Å². The summed E-state index contributed by atoms with van der Waals surface area (Å²) < 4.78 is 18.6. The van der Waals surface area contributed by atoms with E-state index in [-0.39, 0.29) is 12.4 Å². The predicted molar refractivity (Wildman–Crippen MR) is 93.7 cm³/mol. The van der Waals surface area contributed by atoms with E-state index in [9.17, 15) is 9.50 Å². The second kappa shape index (κ2) is 7.01. The molecule has 1 aliphatic heterocycles. The first kappa shape index (κ1) is 17.7. The summed E-state index contributed by atoms with van der Waals surface area (Å²) >= 11 is 0. The molecule has 0 unspecified atom stereocenters. The summed E-state index contributed by atoms with van der Waals surface area (Å²) in [7, 11) is 0. The molecule has 1 aliphatic carbocycles. The third-order valence-electron chi connectivity index (χ3n) is 5.87. The van der Waals surface area contributed by atoms with Crippen molar-refractivity contribution < 1.29 is 14.2 Å². The van der Waals surface area contributed by atoms with E-state index in [0.717, 1.165) is 25.9 Å². The number of hydrogen-bond donors (Lipinski definition) is 1. The van der Waals surface area contributed by atoms with Crippen LogP contribution in [0.4, 0.5) is 4.39 Å². The molecule has 3 nitrogen and oxygen atoms in total. The van der Waals surface area contributed by atoms with Gasteiger partial charge in [-0.15, -0.1) is 0 Å². The van der Waals surface area contributed by atoms with E-state index >= 15 is 0 Å². The predicted octanol–water partition coefficient (Wildman–Crippen LogP) is 4.00. The van der Waals surface area contributed by atoms with Crippen LogP contribution < -0.4 is 4.74 Å². The van der Waals surface area contributed by atoms with Crippen molar-refractivity contribution in [3.63, 3.8) is 0 Å². The molecule has 4 heteroatoms. The van der Waals surface area contributed by atoms with Gasteiger partial charge in [-0.1, -0.05) is 13.8 Å². The monoisotopic (exact) mass is 335 g/mol. The van der Waals surface area contributed by atoms with Crippen LogP contribution in [-0.4, -0.2) is 41.3 Å². The van der Waals surface area contributed by atoms with Crippen molar-refractivity contribution >= 4 is 0 Å². The average molecular weight is 335 g/mol. The van der Waals surface area contributed by atoms with Gasteiger partial charge < -0.3 is 14.7 Å². The quantitative estimate of drug-likeness (QED) is 0.903. The van der Waals surface area contributed by atoms with Crippen molar-refractivity contribution in [2.75, 3.05) is 19.7 Å². The number of likely N-dealkylation sites (tertiary alicyclic amines) is 1. The fourth-order valence-electron chi connectivity index (χ4n) is 3.95. The highest BCUT2D eigenvalue weighted by Crippen LogP contribution is 2.38. The Morgan fingerprint density at radius 1 is 1.08 bits per heavy atom. The Kier molecular flexibility index (Phi) is 5.16. The van der Waals surface area contributed by atoms with Crippen molar-refractivity contribution in [1.29, 1.82) is 0 Å². The van der Waals surface area contributed by atoms with Crippen LogP contribution in [0.3, 0.4) is 0 Å². The second-order valence-corrected chi connectivity index (χ2v) is 8.40. The molecule has 134 valence electrons. The molecule has 2 aliphatic rings. The Hall–Kier alpha value is -1.13. The zero-order valence-corrected chi connectivity index (χ0v) is 14.9. The first-order valence-electron chi connectivity index (χ1n) is 9.20. The number of piperidine rings is 1. The minimum absolute atomic E-state index is 0.273. The Labute approximate surface area is 144 Å². The number of halogens is 1. The molecule has 24 heavy (non-hydrogen) atoms. The number of aliphatic hydroxyl groups is 1. The van der Waals surface area contributed by atoms with Gasteiger partial charge in [0, 0.05) is 19.1 Å². The Bertz CT molecular complexity index is 525. The largest absolute Gasteiger partial charge is 0.491 e. The fraction of sp³-hybridized carbons (Fsp3) is 0.700. The molecular weight excluding hydrogens is 305 g/mol. The maximum atomic E-state index is 12.9. The minimum Gasteiger partial charge on any atom is -0.491 e. The molecule has 3 rings (SSSR count). The first-order chi connectivity index (χ1) is 11.4. The number of benzene rings is 1. The summed E-state index contributed by atoms with van der Waals surface area (Å²) in [6.07, 6.45) is 6.63. The van der Waals surface area contributed by atoms with Crippen molar-refractivity contribution in [2.45, 2.75) is 64.0 Å². The highest BCUT2D eigenvalue weighted by Gasteiger charge is 2.37. The standard InChI is InChI=1S/C20H30FNO2/c1-19(2)9-7-17(8-10-19)22-13-11-20(23,12-14-22)15-24-18-5-3-16(21)4-6-18/h3-6,17,23H,7-15H2,1-2H3. The molecule has 1 N–H and O–H groups in total. The van der Waals surface area contributed by atoms with Crippen LogP contribution in [0.5, 0.6) is 5.75 Å². The maximum absolute atomic E-state index is 12.9. The normalized spacial score (nSPS) is 24.7. The van der Waals surface area contributed by atoms with E-state index in [1.54, 1.807) is 12.1 Å². The summed E-state index contributed by atoms with van der Waals surface area (Å²) in [5.41, 5.74) is -0.269. The Morgan fingerprint density at radius 3 is 2.25 bits per heavy atom. The molecule has 0 spiro atoms. The molecule has 0 atom stereocenters. The van der Waals surface area contributed by atoms with Gasteiger partial charge in [0.2, 0.25) is 0 Å².